The zero-order chi connectivity index (χ0) is 20.6. The predicted octanol–water partition coefficient (Wildman–Crippen LogP) is 4.87. The molecule has 0 unspecified atom stereocenters. The molecule has 154 valence electrons. The molecule has 2 aromatic heterocycles. The van der Waals surface area contributed by atoms with Crippen molar-refractivity contribution in [3.05, 3.63) is 48.2 Å². The minimum absolute atomic E-state index is 0.131. The topological polar surface area (TPSA) is 73.0 Å². The summed E-state index contributed by atoms with van der Waals surface area (Å²) in [6.07, 6.45) is 4.01. The number of carbonyl (C=O) groups is 1. The Balaban J connectivity index is 1.63. The molecule has 1 aromatic carbocycles. The standard InChI is InChI=1S/C22H28N4O2S/c1-16(2)15-23-20(27)11-4-5-13-29-22-25-24-21(19-10-7-12-28-19)26(22)18-9-6-8-17(3)14-18/h6-10,12,14,16H,4-5,11,13,15H2,1-3H3,(H,23,27). The van der Waals surface area contributed by atoms with Crippen LogP contribution in [0.25, 0.3) is 17.3 Å². The van der Waals surface area contributed by atoms with E-state index in [1.807, 2.05) is 28.8 Å². The number of furan rings is 1. The van der Waals surface area contributed by atoms with Crippen LogP contribution in [-0.4, -0.2) is 33.0 Å². The molecule has 1 N–H and O–H groups in total. The van der Waals surface area contributed by atoms with Gasteiger partial charge in [-0.1, -0.05) is 37.7 Å². The van der Waals surface area contributed by atoms with Crippen LogP contribution in [0.4, 0.5) is 0 Å². The summed E-state index contributed by atoms with van der Waals surface area (Å²) < 4.78 is 7.59. The van der Waals surface area contributed by atoms with Gasteiger partial charge in [0.1, 0.15) is 0 Å². The number of nitrogens with one attached hydrogen (secondary N) is 1. The highest BCUT2D eigenvalue weighted by Crippen LogP contribution is 2.29. The van der Waals surface area contributed by atoms with Crippen molar-refractivity contribution in [1.29, 1.82) is 0 Å². The first kappa shape index (κ1) is 21.2. The highest BCUT2D eigenvalue weighted by Gasteiger charge is 2.18. The van der Waals surface area contributed by atoms with Crippen LogP contribution in [0.15, 0.2) is 52.2 Å². The summed E-state index contributed by atoms with van der Waals surface area (Å²) in [5.41, 5.74) is 2.18. The third-order valence-corrected chi connectivity index (χ3v) is 5.39. The van der Waals surface area contributed by atoms with Gasteiger partial charge in [-0.3, -0.25) is 9.36 Å². The monoisotopic (exact) mass is 412 g/mol. The minimum Gasteiger partial charge on any atom is -0.461 e. The van der Waals surface area contributed by atoms with Crippen LogP contribution in [0.5, 0.6) is 0 Å². The third kappa shape index (κ3) is 5.97. The number of hydrogen-bond donors (Lipinski definition) is 1. The molecular weight excluding hydrogens is 384 g/mol. The number of unbranched alkanes of at least 4 members (excludes halogenated alkanes) is 1. The van der Waals surface area contributed by atoms with Crippen molar-refractivity contribution in [2.45, 2.75) is 45.2 Å². The van der Waals surface area contributed by atoms with Gasteiger partial charge in [0, 0.05) is 18.7 Å². The Morgan fingerprint density at radius 1 is 1.21 bits per heavy atom. The van der Waals surface area contributed by atoms with Crippen LogP contribution in [-0.2, 0) is 4.79 Å². The molecule has 0 aliphatic carbocycles. The molecule has 0 bridgehead atoms. The van der Waals surface area contributed by atoms with Crippen LogP contribution in [0.2, 0.25) is 0 Å². The fourth-order valence-corrected chi connectivity index (χ4v) is 3.84. The Morgan fingerprint density at radius 2 is 2.07 bits per heavy atom. The number of rotatable bonds is 10. The van der Waals surface area contributed by atoms with Crippen LogP contribution in [0.3, 0.4) is 0 Å². The largest absolute Gasteiger partial charge is 0.461 e. The first-order chi connectivity index (χ1) is 14.0. The normalized spacial score (nSPS) is 11.2. The molecule has 6 nitrogen and oxygen atoms in total. The van der Waals surface area contributed by atoms with Gasteiger partial charge in [0.2, 0.25) is 11.7 Å². The molecule has 2 heterocycles. The van der Waals surface area contributed by atoms with Gasteiger partial charge in [0.05, 0.1) is 12.0 Å². The second kappa shape index (κ2) is 10.3. The second-order valence-electron chi connectivity index (χ2n) is 7.46. The second-order valence-corrected chi connectivity index (χ2v) is 8.52. The van der Waals surface area contributed by atoms with E-state index in [2.05, 4.69) is 48.4 Å². The van der Waals surface area contributed by atoms with Crippen LogP contribution in [0.1, 0.15) is 38.7 Å². The molecule has 0 aliphatic rings. The quantitative estimate of drug-likeness (QED) is 0.380. The predicted molar refractivity (Wildman–Crippen MR) is 116 cm³/mol. The number of hydrogen-bond acceptors (Lipinski definition) is 5. The fraction of sp³-hybridized carbons (Fsp3) is 0.409. The number of benzene rings is 1. The molecule has 0 atom stereocenters. The highest BCUT2D eigenvalue weighted by atomic mass is 32.2. The number of thioether (sulfide) groups is 1. The molecule has 0 aliphatic heterocycles. The van der Waals surface area contributed by atoms with Crippen molar-refractivity contribution < 1.29 is 9.21 Å². The van der Waals surface area contributed by atoms with Crippen molar-refractivity contribution in [2.24, 2.45) is 5.92 Å². The van der Waals surface area contributed by atoms with Gasteiger partial charge in [0.15, 0.2) is 10.9 Å². The maximum Gasteiger partial charge on any atom is 0.220 e. The van der Waals surface area contributed by atoms with Gasteiger partial charge < -0.3 is 9.73 Å². The molecule has 0 saturated heterocycles. The zero-order valence-corrected chi connectivity index (χ0v) is 18.0. The van der Waals surface area contributed by atoms with Crippen LogP contribution >= 0.6 is 11.8 Å². The number of nitrogens with zero attached hydrogens (tertiary/aromatic N) is 3. The lowest BCUT2D eigenvalue weighted by Gasteiger charge is -2.10. The smallest absolute Gasteiger partial charge is 0.220 e. The summed E-state index contributed by atoms with van der Waals surface area (Å²) in [5.74, 6) is 2.86. The molecule has 7 heteroatoms. The number of carbonyl (C=O) groups excluding carboxylic acids is 1. The Morgan fingerprint density at radius 3 is 2.79 bits per heavy atom. The maximum atomic E-state index is 11.8. The SMILES string of the molecule is Cc1cccc(-n2c(SCCCCC(=O)NCC(C)C)nnc2-c2ccco2)c1. The maximum absolute atomic E-state index is 11.8. The van der Waals surface area contributed by atoms with Crippen molar-refractivity contribution in [2.75, 3.05) is 12.3 Å². The van der Waals surface area contributed by atoms with Gasteiger partial charge in [-0.25, -0.2) is 0 Å². The number of aromatic nitrogens is 3. The van der Waals surface area contributed by atoms with E-state index >= 15 is 0 Å². The summed E-state index contributed by atoms with van der Waals surface area (Å²) in [4.78, 5) is 11.8. The first-order valence-electron chi connectivity index (χ1n) is 10.0. The Hall–Kier alpha value is -2.54. The summed E-state index contributed by atoms with van der Waals surface area (Å²) in [7, 11) is 0. The lowest BCUT2D eigenvalue weighted by atomic mass is 10.2. The van der Waals surface area contributed by atoms with E-state index in [9.17, 15) is 4.79 Å². The van der Waals surface area contributed by atoms with E-state index in [0.29, 0.717) is 23.9 Å². The molecule has 3 aromatic rings. The lowest BCUT2D eigenvalue weighted by Crippen LogP contribution is -2.26. The minimum atomic E-state index is 0.131. The zero-order valence-electron chi connectivity index (χ0n) is 17.2. The van der Waals surface area contributed by atoms with Gasteiger partial charge in [0.25, 0.3) is 0 Å². The van der Waals surface area contributed by atoms with E-state index in [-0.39, 0.29) is 5.91 Å². The average Bonchev–Trinajstić information content (AvgIpc) is 3.35. The van der Waals surface area contributed by atoms with Gasteiger partial charge >= 0.3 is 0 Å². The molecule has 3 rings (SSSR count). The molecule has 1 amide bonds. The molecule has 0 spiro atoms. The lowest BCUT2D eigenvalue weighted by molar-refractivity contribution is -0.121. The fourth-order valence-electron chi connectivity index (χ4n) is 2.89. The molecular formula is C22H28N4O2S. The van der Waals surface area contributed by atoms with Crippen molar-refractivity contribution in [1.82, 2.24) is 20.1 Å². The third-order valence-electron chi connectivity index (χ3n) is 4.37. The van der Waals surface area contributed by atoms with Crippen LogP contribution < -0.4 is 5.32 Å². The Bertz CT molecular complexity index is 919. The Kier molecular flexibility index (Phi) is 7.52. The van der Waals surface area contributed by atoms with E-state index < -0.39 is 0 Å². The average molecular weight is 413 g/mol. The highest BCUT2D eigenvalue weighted by molar-refractivity contribution is 7.99. The van der Waals surface area contributed by atoms with E-state index in [0.717, 1.165) is 36.0 Å². The summed E-state index contributed by atoms with van der Waals surface area (Å²) in [6.45, 7) is 7.00. The summed E-state index contributed by atoms with van der Waals surface area (Å²) in [5, 5.41) is 12.6. The van der Waals surface area contributed by atoms with Crippen molar-refractivity contribution in [3.63, 3.8) is 0 Å². The molecule has 0 saturated carbocycles. The summed E-state index contributed by atoms with van der Waals surface area (Å²) >= 11 is 1.65. The molecule has 0 radical (unpaired) electrons. The first-order valence-corrected chi connectivity index (χ1v) is 11.0. The summed E-state index contributed by atoms with van der Waals surface area (Å²) in [6, 6.07) is 12.0. The van der Waals surface area contributed by atoms with E-state index in [1.165, 1.54) is 5.56 Å². The van der Waals surface area contributed by atoms with Gasteiger partial charge in [-0.05, 0) is 55.5 Å². The number of aryl methyl sites for hydroxylation is 1. The molecule has 29 heavy (non-hydrogen) atoms. The Labute approximate surface area is 176 Å². The van der Waals surface area contributed by atoms with E-state index in [1.54, 1.807) is 18.0 Å². The van der Waals surface area contributed by atoms with E-state index in [4.69, 9.17) is 4.42 Å². The van der Waals surface area contributed by atoms with Gasteiger partial charge in [-0.15, -0.1) is 10.2 Å². The van der Waals surface area contributed by atoms with Crippen molar-refractivity contribution >= 4 is 17.7 Å². The van der Waals surface area contributed by atoms with Gasteiger partial charge in [-0.2, -0.15) is 0 Å². The van der Waals surface area contributed by atoms with Crippen LogP contribution in [0, 0.1) is 12.8 Å². The number of amides is 1. The molecule has 0 fully saturated rings. The van der Waals surface area contributed by atoms with Crippen molar-refractivity contribution in [3.8, 4) is 17.3 Å².